The van der Waals surface area contributed by atoms with Crippen LogP contribution in [0.25, 0.3) is 0 Å². The maximum Gasteiger partial charge on any atom is 0.151 e. The van der Waals surface area contributed by atoms with E-state index >= 15 is 0 Å². The van der Waals surface area contributed by atoms with E-state index in [1.165, 1.54) is 31.3 Å². The van der Waals surface area contributed by atoms with E-state index in [0.29, 0.717) is 11.3 Å². The van der Waals surface area contributed by atoms with Crippen LogP contribution in [-0.4, -0.2) is 6.29 Å². The third-order valence-corrected chi connectivity index (χ3v) is 8.18. The molecular formula is C21H27ClO. The first-order chi connectivity index (χ1) is 10.9. The molecule has 0 heterocycles. The Hall–Kier alpha value is -0.820. The van der Waals surface area contributed by atoms with Gasteiger partial charge in [0.1, 0.15) is 0 Å². The largest absolute Gasteiger partial charge is 0.298 e. The zero-order chi connectivity index (χ0) is 16.4. The number of aldehydes is 1. The fourth-order valence-electron chi connectivity index (χ4n) is 6.03. The summed E-state index contributed by atoms with van der Waals surface area (Å²) in [6, 6.07) is 0. The van der Waals surface area contributed by atoms with E-state index in [2.05, 4.69) is 32.9 Å². The molecule has 4 aliphatic carbocycles. The summed E-state index contributed by atoms with van der Waals surface area (Å²) in [7, 11) is 0. The topological polar surface area (TPSA) is 17.1 Å². The van der Waals surface area contributed by atoms with Crippen LogP contribution in [-0.2, 0) is 4.79 Å². The fourth-order valence-corrected chi connectivity index (χ4v) is 6.34. The van der Waals surface area contributed by atoms with Gasteiger partial charge in [-0.1, -0.05) is 55.7 Å². The molecule has 2 saturated carbocycles. The molecule has 0 spiro atoms. The lowest BCUT2D eigenvalue weighted by Gasteiger charge is -2.55. The van der Waals surface area contributed by atoms with E-state index in [0.717, 1.165) is 41.6 Å². The molecule has 4 aliphatic rings. The molecule has 0 aromatic rings. The third kappa shape index (κ3) is 2.02. The Morgan fingerprint density at radius 2 is 2.04 bits per heavy atom. The van der Waals surface area contributed by atoms with E-state index in [1.807, 2.05) is 0 Å². The first kappa shape index (κ1) is 15.7. The monoisotopic (exact) mass is 330 g/mol. The smallest absolute Gasteiger partial charge is 0.151 e. The van der Waals surface area contributed by atoms with Gasteiger partial charge < -0.3 is 0 Å². The normalized spacial score (nSPS) is 45.7. The van der Waals surface area contributed by atoms with Crippen LogP contribution in [0, 0.1) is 28.6 Å². The Bertz CT molecular complexity index is 655. The summed E-state index contributed by atoms with van der Waals surface area (Å²) in [6.45, 7) is 7.15. The van der Waals surface area contributed by atoms with Gasteiger partial charge in [0.05, 0.1) is 0 Å². The lowest BCUT2D eigenvalue weighted by Crippen LogP contribution is -2.46. The van der Waals surface area contributed by atoms with Gasteiger partial charge in [-0.15, -0.1) is 0 Å². The highest BCUT2D eigenvalue weighted by Crippen LogP contribution is 2.64. The minimum absolute atomic E-state index is 0.0807. The van der Waals surface area contributed by atoms with E-state index in [9.17, 15) is 4.79 Å². The number of halogens is 1. The van der Waals surface area contributed by atoms with Crippen molar-refractivity contribution in [2.24, 2.45) is 28.6 Å². The van der Waals surface area contributed by atoms with Gasteiger partial charge in [0.25, 0.3) is 0 Å². The van der Waals surface area contributed by atoms with Crippen LogP contribution >= 0.6 is 11.6 Å². The summed E-state index contributed by atoms with van der Waals surface area (Å²) in [5, 5.41) is 0.790. The molecule has 124 valence electrons. The highest BCUT2D eigenvalue weighted by Gasteiger charge is 2.54. The molecular weight excluding hydrogens is 304 g/mol. The summed E-state index contributed by atoms with van der Waals surface area (Å²) in [6.07, 6.45) is 13.0. The first-order valence-electron chi connectivity index (χ1n) is 9.17. The molecule has 0 aromatic carbocycles. The van der Waals surface area contributed by atoms with Crippen molar-refractivity contribution >= 4 is 17.9 Å². The summed E-state index contributed by atoms with van der Waals surface area (Å²) in [4.78, 5) is 11.4. The molecule has 5 atom stereocenters. The maximum absolute atomic E-state index is 11.4. The Kier molecular flexibility index (Phi) is 3.47. The molecule has 0 unspecified atom stereocenters. The standard InChI is InChI=1S/C21H27ClO/c1-13-6-8-20(2)15(10-13)4-5-16-17(20)7-9-21(3)18(16)11-14(12-23)19(21)22/h4,11-13,16-17H,5-10H2,1-3H3/t13-,16+,17-,20-,21-/m0/s1. The van der Waals surface area contributed by atoms with Gasteiger partial charge in [0.2, 0.25) is 0 Å². The quantitative estimate of drug-likeness (QED) is 0.438. The van der Waals surface area contributed by atoms with Gasteiger partial charge in [-0.25, -0.2) is 0 Å². The van der Waals surface area contributed by atoms with E-state index in [1.54, 1.807) is 5.57 Å². The molecule has 0 aliphatic heterocycles. The van der Waals surface area contributed by atoms with Gasteiger partial charge >= 0.3 is 0 Å². The van der Waals surface area contributed by atoms with E-state index in [-0.39, 0.29) is 5.41 Å². The Morgan fingerprint density at radius 1 is 1.26 bits per heavy atom. The van der Waals surface area contributed by atoms with Crippen molar-refractivity contribution in [1.29, 1.82) is 0 Å². The number of hydrogen-bond donors (Lipinski definition) is 0. The van der Waals surface area contributed by atoms with Crippen LogP contribution in [0.5, 0.6) is 0 Å². The average Bonchev–Trinajstić information content (AvgIpc) is 2.79. The Morgan fingerprint density at radius 3 is 2.78 bits per heavy atom. The van der Waals surface area contributed by atoms with Crippen LogP contribution < -0.4 is 0 Å². The molecule has 4 rings (SSSR count). The predicted molar refractivity (Wildman–Crippen MR) is 95.2 cm³/mol. The molecule has 0 N–H and O–H groups in total. The van der Waals surface area contributed by atoms with Crippen LogP contribution in [0.1, 0.15) is 59.3 Å². The number of rotatable bonds is 1. The number of hydrogen-bond acceptors (Lipinski definition) is 1. The highest BCUT2D eigenvalue weighted by molar-refractivity contribution is 6.33. The third-order valence-electron chi connectivity index (χ3n) is 7.55. The van der Waals surface area contributed by atoms with Crippen molar-refractivity contribution in [2.45, 2.75) is 59.3 Å². The van der Waals surface area contributed by atoms with Crippen molar-refractivity contribution < 1.29 is 4.79 Å². The number of allylic oxidation sites excluding steroid dienone is 6. The van der Waals surface area contributed by atoms with Gasteiger partial charge in [-0.3, -0.25) is 4.79 Å². The zero-order valence-corrected chi connectivity index (χ0v) is 15.2. The van der Waals surface area contributed by atoms with Crippen molar-refractivity contribution in [3.8, 4) is 0 Å². The predicted octanol–water partition coefficient (Wildman–Crippen LogP) is 5.81. The second kappa shape index (κ2) is 5.09. The molecule has 0 amide bonds. The second-order valence-electron chi connectivity index (χ2n) is 8.80. The van der Waals surface area contributed by atoms with Crippen molar-refractivity contribution in [2.75, 3.05) is 0 Å². The summed E-state index contributed by atoms with van der Waals surface area (Å²) < 4.78 is 0. The average molecular weight is 331 g/mol. The lowest BCUT2D eigenvalue weighted by atomic mass is 9.49. The summed E-state index contributed by atoms with van der Waals surface area (Å²) >= 11 is 6.60. The first-order valence-corrected chi connectivity index (χ1v) is 9.55. The second-order valence-corrected chi connectivity index (χ2v) is 9.18. The summed E-state index contributed by atoms with van der Waals surface area (Å²) in [5.41, 5.74) is 4.17. The maximum atomic E-state index is 11.4. The molecule has 0 aromatic heterocycles. The zero-order valence-electron chi connectivity index (χ0n) is 14.5. The van der Waals surface area contributed by atoms with Crippen LogP contribution in [0.4, 0.5) is 0 Å². The fraction of sp³-hybridized carbons (Fsp3) is 0.667. The number of carbonyl (C=O) groups excluding carboxylic acids is 1. The minimum atomic E-state index is -0.0807. The molecule has 0 radical (unpaired) electrons. The van der Waals surface area contributed by atoms with Gasteiger partial charge in [0, 0.05) is 16.0 Å². The van der Waals surface area contributed by atoms with Crippen molar-refractivity contribution in [3.05, 3.63) is 33.9 Å². The van der Waals surface area contributed by atoms with Gasteiger partial charge in [0.15, 0.2) is 6.29 Å². The highest BCUT2D eigenvalue weighted by atomic mass is 35.5. The summed E-state index contributed by atoms with van der Waals surface area (Å²) in [5.74, 6) is 2.13. The van der Waals surface area contributed by atoms with Crippen LogP contribution in [0.3, 0.4) is 0 Å². The SMILES string of the molecule is C[C@H]1CC[C@@]2(C)C(=CC[C@H]3C4=CC(C=O)=C(Cl)[C@@]4(C)CC[C@@H]32)C1. The Balaban J connectivity index is 1.74. The van der Waals surface area contributed by atoms with Crippen LogP contribution in [0.2, 0.25) is 0 Å². The molecule has 2 fully saturated rings. The van der Waals surface area contributed by atoms with E-state index < -0.39 is 0 Å². The molecule has 2 heteroatoms. The van der Waals surface area contributed by atoms with Crippen LogP contribution in [0.15, 0.2) is 33.9 Å². The molecule has 1 nitrogen and oxygen atoms in total. The van der Waals surface area contributed by atoms with Gasteiger partial charge in [-0.2, -0.15) is 0 Å². The number of carbonyl (C=O) groups is 1. The minimum Gasteiger partial charge on any atom is -0.298 e. The molecule has 0 saturated heterocycles. The lowest BCUT2D eigenvalue weighted by molar-refractivity contribution is -0.104. The van der Waals surface area contributed by atoms with Crippen molar-refractivity contribution in [3.63, 3.8) is 0 Å². The Labute approximate surface area is 144 Å². The van der Waals surface area contributed by atoms with Gasteiger partial charge in [-0.05, 0) is 61.7 Å². The molecule has 23 heavy (non-hydrogen) atoms. The van der Waals surface area contributed by atoms with Crippen molar-refractivity contribution in [1.82, 2.24) is 0 Å². The molecule has 0 bridgehead atoms. The number of fused-ring (bicyclic) bond motifs is 5. The van der Waals surface area contributed by atoms with E-state index in [4.69, 9.17) is 11.6 Å².